The Morgan fingerprint density at radius 2 is 2.08 bits per heavy atom. The molecule has 0 radical (unpaired) electrons. The van der Waals surface area contributed by atoms with E-state index in [-0.39, 0.29) is 35.1 Å². The van der Waals surface area contributed by atoms with Crippen molar-refractivity contribution < 1.29 is 19.4 Å². The number of phenols is 1. The number of thioether (sulfide) groups is 1. The molecular weight excluding hydrogens is 340 g/mol. The Balaban J connectivity index is 1.74. The molecular formula is C18H18N2O4S. The number of nitrogens with one attached hydrogen (secondary N) is 1. The standard InChI is InChI=1S/C18H18N2O4S/c1-24-15-10-13(7-8-14(15)21)18-20(17(23)11-25-18)19-16(22)9-12-5-3-2-4-6-12/h2-8,10,18,21H,9,11H2,1H3,(H,19,22). The summed E-state index contributed by atoms with van der Waals surface area (Å²) in [5.74, 6) is 0.217. The molecule has 1 unspecified atom stereocenters. The van der Waals surface area contributed by atoms with E-state index in [1.165, 1.54) is 29.9 Å². The number of methoxy groups -OCH3 is 1. The highest BCUT2D eigenvalue weighted by molar-refractivity contribution is 8.00. The van der Waals surface area contributed by atoms with Crippen molar-refractivity contribution in [3.8, 4) is 11.5 Å². The van der Waals surface area contributed by atoms with Crippen LogP contribution >= 0.6 is 11.8 Å². The molecule has 25 heavy (non-hydrogen) atoms. The minimum absolute atomic E-state index is 0.0280. The zero-order chi connectivity index (χ0) is 17.8. The fourth-order valence-electron chi connectivity index (χ4n) is 2.59. The normalized spacial score (nSPS) is 16.8. The lowest BCUT2D eigenvalue weighted by atomic mass is 10.1. The van der Waals surface area contributed by atoms with Gasteiger partial charge >= 0.3 is 0 Å². The molecule has 1 heterocycles. The van der Waals surface area contributed by atoms with Gasteiger partial charge in [-0.15, -0.1) is 11.8 Å². The van der Waals surface area contributed by atoms with E-state index in [2.05, 4.69) is 5.43 Å². The van der Waals surface area contributed by atoms with Crippen molar-refractivity contribution in [2.45, 2.75) is 11.8 Å². The molecule has 1 aliphatic heterocycles. The quantitative estimate of drug-likeness (QED) is 0.857. The Kier molecular flexibility index (Phi) is 5.14. The van der Waals surface area contributed by atoms with Crippen LogP contribution in [-0.4, -0.2) is 34.8 Å². The second-order valence-electron chi connectivity index (χ2n) is 5.56. The summed E-state index contributed by atoms with van der Waals surface area (Å²) in [7, 11) is 1.46. The van der Waals surface area contributed by atoms with Crippen molar-refractivity contribution in [1.29, 1.82) is 0 Å². The molecule has 6 nitrogen and oxygen atoms in total. The first-order valence-corrected chi connectivity index (χ1v) is 8.77. The van der Waals surface area contributed by atoms with E-state index < -0.39 is 0 Å². The highest BCUT2D eigenvalue weighted by Crippen LogP contribution is 2.40. The van der Waals surface area contributed by atoms with Gasteiger partial charge < -0.3 is 9.84 Å². The third kappa shape index (κ3) is 3.88. The van der Waals surface area contributed by atoms with Crippen LogP contribution in [0.4, 0.5) is 0 Å². The lowest BCUT2D eigenvalue weighted by molar-refractivity contribution is -0.139. The van der Waals surface area contributed by atoms with Crippen LogP contribution in [0.3, 0.4) is 0 Å². The second kappa shape index (κ2) is 7.48. The molecule has 1 aliphatic rings. The minimum Gasteiger partial charge on any atom is -0.504 e. The molecule has 0 spiro atoms. The summed E-state index contributed by atoms with van der Waals surface area (Å²) in [5, 5.41) is 10.7. The number of hydrogen-bond donors (Lipinski definition) is 2. The van der Waals surface area contributed by atoms with E-state index in [9.17, 15) is 14.7 Å². The third-order valence-electron chi connectivity index (χ3n) is 3.81. The van der Waals surface area contributed by atoms with E-state index in [1.807, 2.05) is 30.3 Å². The van der Waals surface area contributed by atoms with E-state index in [1.54, 1.807) is 12.1 Å². The topological polar surface area (TPSA) is 78.9 Å². The number of nitrogens with zero attached hydrogens (tertiary/aromatic N) is 1. The van der Waals surface area contributed by atoms with Crippen LogP contribution in [0.5, 0.6) is 11.5 Å². The van der Waals surface area contributed by atoms with E-state index in [0.29, 0.717) is 5.75 Å². The summed E-state index contributed by atoms with van der Waals surface area (Å²) in [6.45, 7) is 0. The molecule has 2 aromatic rings. The van der Waals surface area contributed by atoms with Gasteiger partial charge in [-0.2, -0.15) is 0 Å². The Bertz CT molecular complexity index is 782. The average Bonchev–Trinajstić information content (AvgIpc) is 2.97. The van der Waals surface area contributed by atoms with Gasteiger partial charge in [0.1, 0.15) is 5.37 Å². The molecule has 2 aromatic carbocycles. The first-order chi connectivity index (χ1) is 12.1. The molecule has 3 rings (SSSR count). The summed E-state index contributed by atoms with van der Waals surface area (Å²) < 4.78 is 5.12. The van der Waals surface area contributed by atoms with Crippen LogP contribution < -0.4 is 10.2 Å². The summed E-state index contributed by atoms with van der Waals surface area (Å²) in [4.78, 5) is 24.5. The van der Waals surface area contributed by atoms with Crippen LogP contribution in [0.2, 0.25) is 0 Å². The molecule has 1 saturated heterocycles. The summed E-state index contributed by atoms with van der Waals surface area (Å²) in [6.07, 6.45) is 0.195. The maximum Gasteiger partial charge on any atom is 0.252 e. The molecule has 1 fully saturated rings. The van der Waals surface area contributed by atoms with Gasteiger partial charge in [0.15, 0.2) is 11.5 Å². The van der Waals surface area contributed by atoms with Crippen molar-refractivity contribution in [2.24, 2.45) is 0 Å². The van der Waals surface area contributed by atoms with Gasteiger partial charge in [0, 0.05) is 0 Å². The van der Waals surface area contributed by atoms with Crippen molar-refractivity contribution >= 4 is 23.6 Å². The zero-order valence-corrected chi connectivity index (χ0v) is 14.5. The molecule has 0 bridgehead atoms. The number of rotatable bonds is 5. The van der Waals surface area contributed by atoms with Crippen LogP contribution in [0.25, 0.3) is 0 Å². The smallest absolute Gasteiger partial charge is 0.252 e. The molecule has 130 valence electrons. The van der Waals surface area contributed by atoms with Crippen LogP contribution in [-0.2, 0) is 16.0 Å². The maximum absolute atomic E-state index is 12.3. The molecule has 2 N–H and O–H groups in total. The van der Waals surface area contributed by atoms with Gasteiger partial charge in [-0.3, -0.25) is 15.0 Å². The maximum atomic E-state index is 12.3. The number of benzene rings is 2. The predicted octanol–water partition coefficient (Wildman–Crippen LogP) is 2.25. The Morgan fingerprint density at radius 3 is 2.80 bits per heavy atom. The van der Waals surface area contributed by atoms with Crippen molar-refractivity contribution in [2.75, 3.05) is 12.9 Å². The second-order valence-corrected chi connectivity index (χ2v) is 6.62. The SMILES string of the molecule is COc1cc(C2SCC(=O)N2NC(=O)Cc2ccccc2)ccc1O. The summed E-state index contributed by atoms with van der Waals surface area (Å²) in [6, 6.07) is 14.2. The number of phenolic OH excluding ortho intramolecular Hbond substituents is 1. The highest BCUT2D eigenvalue weighted by atomic mass is 32.2. The summed E-state index contributed by atoms with van der Waals surface area (Å²) in [5.41, 5.74) is 4.34. The number of amides is 2. The van der Waals surface area contributed by atoms with Crippen LogP contribution in [0, 0.1) is 0 Å². The van der Waals surface area contributed by atoms with Gasteiger partial charge in [-0.05, 0) is 23.3 Å². The number of aromatic hydroxyl groups is 1. The number of hydrazine groups is 1. The molecule has 0 aliphatic carbocycles. The Hall–Kier alpha value is -2.67. The monoisotopic (exact) mass is 358 g/mol. The summed E-state index contributed by atoms with van der Waals surface area (Å²) >= 11 is 1.41. The fourth-order valence-corrected chi connectivity index (χ4v) is 3.69. The van der Waals surface area contributed by atoms with E-state index in [4.69, 9.17) is 4.74 Å². The van der Waals surface area contributed by atoms with Crippen LogP contribution in [0.1, 0.15) is 16.5 Å². The lowest BCUT2D eigenvalue weighted by Gasteiger charge is -2.25. The van der Waals surface area contributed by atoms with Crippen LogP contribution in [0.15, 0.2) is 48.5 Å². The van der Waals surface area contributed by atoms with E-state index in [0.717, 1.165) is 11.1 Å². The number of carbonyl (C=O) groups excluding carboxylic acids is 2. The predicted molar refractivity (Wildman–Crippen MR) is 95.0 cm³/mol. The van der Waals surface area contributed by atoms with Crippen molar-refractivity contribution in [1.82, 2.24) is 10.4 Å². The van der Waals surface area contributed by atoms with Gasteiger partial charge in [0.2, 0.25) is 5.91 Å². The van der Waals surface area contributed by atoms with Gasteiger partial charge in [-0.1, -0.05) is 36.4 Å². The fraction of sp³-hybridized carbons (Fsp3) is 0.222. The average molecular weight is 358 g/mol. The largest absolute Gasteiger partial charge is 0.504 e. The zero-order valence-electron chi connectivity index (χ0n) is 13.6. The first-order valence-electron chi connectivity index (χ1n) is 7.72. The molecule has 0 aromatic heterocycles. The van der Waals surface area contributed by atoms with Crippen molar-refractivity contribution in [3.05, 3.63) is 59.7 Å². The highest BCUT2D eigenvalue weighted by Gasteiger charge is 2.34. The first kappa shape index (κ1) is 17.2. The Labute approximate surface area is 149 Å². The Morgan fingerprint density at radius 1 is 1.32 bits per heavy atom. The van der Waals surface area contributed by atoms with Gasteiger partial charge in [-0.25, -0.2) is 5.01 Å². The molecule has 7 heteroatoms. The van der Waals surface area contributed by atoms with E-state index >= 15 is 0 Å². The van der Waals surface area contributed by atoms with Gasteiger partial charge in [0.05, 0.1) is 19.3 Å². The minimum atomic E-state index is -0.360. The number of ether oxygens (including phenoxy) is 1. The van der Waals surface area contributed by atoms with Gasteiger partial charge in [0.25, 0.3) is 5.91 Å². The number of carbonyl (C=O) groups is 2. The number of hydrogen-bond acceptors (Lipinski definition) is 5. The third-order valence-corrected chi connectivity index (χ3v) is 5.02. The molecule has 0 saturated carbocycles. The van der Waals surface area contributed by atoms with Crippen molar-refractivity contribution in [3.63, 3.8) is 0 Å². The lowest BCUT2D eigenvalue weighted by Crippen LogP contribution is -2.45. The molecule has 2 amide bonds. The molecule has 1 atom stereocenters.